The van der Waals surface area contributed by atoms with Gasteiger partial charge in [-0.3, -0.25) is 9.69 Å². The molecule has 0 saturated carbocycles. The zero-order valence-electron chi connectivity index (χ0n) is 11.7. The Morgan fingerprint density at radius 1 is 1.38 bits per heavy atom. The van der Waals surface area contributed by atoms with E-state index in [9.17, 15) is 4.79 Å². The molecule has 7 nitrogen and oxygen atoms in total. The van der Waals surface area contributed by atoms with Crippen LogP contribution in [-0.4, -0.2) is 52.9 Å². The van der Waals surface area contributed by atoms with E-state index in [2.05, 4.69) is 10.1 Å². The SMILES string of the molecule is COCCN(CC(=O)O)Cc1nc(-c2ccccc2)no1. The Kier molecular flexibility index (Phi) is 5.42. The second kappa shape index (κ2) is 7.51. The number of carbonyl (C=O) groups is 1. The van der Waals surface area contributed by atoms with E-state index >= 15 is 0 Å². The second-order valence-corrected chi connectivity index (χ2v) is 4.47. The summed E-state index contributed by atoms with van der Waals surface area (Å²) in [5, 5.41) is 12.8. The first-order valence-electron chi connectivity index (χ1n) is 6.50. The number of rotatable bonds is 8. The molecule has 1 aromatic heterocycles. The Labute approximate surface area is 122 Å². The predicted molar refractivity (Wildman–Crippen MR) is 74.5 cm³/mol. The maximum Gasteiger partial charge on any atom is 0.317 e. The van der Waals surface area contributed by atoms with E-state index < -0.39 is 5.97 Å². The summed E-state index contributed by atoms with van der Waals surface area (Å²) < 4.78 is 10.1. The van der Waals surface area contributed by atoms with Crippen LogP contribution in [0.1, 0.15) is 5.89 Å². The van der Waals surface area contributed by atoms with Crippen LogP contribution in [-0.2, 0) is 16.1 Å². The smallest absolute Gasteiger partial charge is 0.317 e. The van der Waals surface area contributed by atoms with Crippen LogP contribution >= 0.6 is 0 Å². The van der Waals surface area contributed by atoms with Crippen molar-refractivity contribution in [1.29, 1.82) is 0 Å². The highest BCUT2D eigenvalue weighted by Gasteiger charge is 2.15. The van der Waals surface area contributed by atoms with Crippen molar-refractivity contribution in [2.75, 3.05) is 26.8 Å². The molecule has 1 aromatic carbocycles. The molecule has 0 aliphatic heterocycles. The fraction of sp³-hybridized carbons (Fsp3) is 0.357. The molecule has 0 aliphatic carbocycles. The van der Waals surface area contributed by atoms with Gasteiger partial charge in [-0.15, -0.1) is 0 Å². The lowest BCUT2D eigenvalue weighted by molar-refractivity contribution is -0.138. The van der Waals surface area contributed by atoms with Gasteiger partial charge in [-0.2, -0.15) is 4.98 Å². The Morgan fingerprint density at radius 3 is 2.81 bits per heavy atom. The second-order valence-electron chi connectivity index (χ2n) is 4.47. The lowest BCUT2D eigenvalue weighted by Crippen LogP contribution is -2.32. The van der Waals surface area contributed by atoms with E-state index in [1.807, 2.05) is 30.3 Å². The molecule has 1 heterocycles. The first-order chi connectivity index (χ1) is 10.2. The molecule has 0 saturated heterocycles. The van der Waals surface area contributed by atoms with Crippen LogP contribution in [0.2, 0.25) is 0 Å². The summed E-state index contributed by atoms with van der Waals surface area (Å²) in [5.41, 5.74) is 0.856. The molecule has 2 rings (SSSR count). The fourth-order valence-corrected chi connectivity index (χ4v) is 1.84. The highest BCUT2D eigenvalue weighted by Crippen LogP contribution is 2.15. The van der Waals surface area contributed by atoms with Gasteiger partial charge in [-0.1, -0.05) is 35.5 Å². The van der Waals surface area contributed by atoms with Crippen LogP contribution in [0.25, 0.3) is 11.4 Å². The zero-order valence-corrected chi connectivity index (χ0v) is 11.7. The number of carboxylic acid groups (broad SMARTS) is 1. The van der Waals surface area contributed by atoms with Crippen molar-refractivity contribution in [3.8, 4) is 11.4 Å². The largest absolute Gasteiger partial charge is 0.480 e. The van der Waals surface area contributed by atoms with Gasteiger partial charge in [0.15, 0.2) is 0 Å². The third kappa shape index (κ3) is 4.66. The summed E-state index contributed by atoms with van der Waals surface area (Å²) in [6.07, 6.45) is 0. The standard InChI is InChI=1S/C14H17N3O4/c1-20-8-7-17(10-13(18)19)9-12-15-14(16-21-12)11-5-3-2-4-6-11/h2-6H,7-10H2,1H3,(H,18,19). The summed E-state index contributed by atoms with van der Waals surface area (Å²) >= 11 is 0. The van der Waals surface area contributed by atoms with E-state index in [4.69, 9.17) is 14.4 Å². The molecule has 0 amide bonds. The van der Waals surface area contributed by atoms with Crippen molar-refractivity contribution in [2.45, 2.75) is 6.54 Å². The van der Waals surface area contributed by atoms with Crippen molar-refractivity contribution >= 4 is 5.97 Å². The lowest BCUT2D eigenvalue weighted by Gasteiger charge is -2.17. The van der Waals surface area contributed by atoms with Crippen LogP contribution < -0.4 is 0 Å². The number of nitrogens with zero attached hydrogens (tertiary/aromatic N) is 3. The Balaban J connectivity index is 2.03. The molecule has 21 heavy (non-hydrogen) atoms. The van der Waals surface area contributed by atoms with Crippen LogP contribution in [0.4, 0.5) is 0 Å². The Morgan fingerprint density at radius 2 is 2.14 bits per heavy atom. The number of aromatic nitrogens is 2. The molecule has 1 N–H and O–H groups in total. The number of ether oxygens (including phenoxy) is 1. The van der Waals surface area contributed by atoms with E-state index in [1.54, 1.807) is 12.0 Å². The molecule has 2 aromatic rings. The van der Waals surface area contributed by atoms with Gasteiger partial charge < -0.3 is 14.4 Å². The Bertz CT molecular complexity index is 571. The van der Waals surface area contributed by atoms with E-state index in [1.165, 1.54) is 0 Å². The molecule has 0 radical (unpaired) electrons. The molecule has 0 atom stereocenters. The van der Waals surface area contributed by atoms with Crippen molar-refractivity contribution in [2.24, 2.45) is 0 Å². The molecule has 7 heteroatoms. The topological polar surface area (TPSA) is 88.7 Å². The fourth-order valence-electron chi connectivity index (χ4n) is 1.84. The number of hydrogen-bond acceptors (Lipinski definition) is 6. The summed E-state index contributed by atoms with van der Waals surface area (Å²) in [6.45, 7) is 1.08. The third-order valence-electron chi connectivity index (χ3n) is 2.83. The van der Waals surface area contributed by atoms with Gasteiger partial charge in [0.05, 0.1) is 19.7 Å². The number of aliphatic carboxylic acids is 1. The zero-order chi connectivity index (χ0) is 15.1. The molecule has 0 aliphatic rings. The van der Waals surface area contributed by atoms with Crippen LogP contribution in [0.15, 0.2) is 34.9 Å². The van der Waals surface area contributed by atoms with Gasteiger partial charge in [-0.25, -0.2) is 0 Å². The van der Waals surface area contributed by atoms with Crippen molar-refractivity contribution in [1.82, 2.24) is 15.0 Å². The molecular formula is C14H17N3O4. The maximum atomic E-state index is 10.8. The van der Waals surface area contributed by atoms with Crippen molar-refractivity contribution in [3.63, 3.8) is 0 Å². The molecule has 0 spiro atoms. The van der Waals surface area contributed by atoms with Gasteiger partial charge in [0, 0.05) is 19.2 Å². The van der Waals surface area contributed by atoms with E-state index in [0.29, 0.717) is 24.9 Å². The first-order valence-corrected chi connectivity index (χ1v) is 6.50. The van der Waals surface area contributed by atoms with E-state index in [0.717, 1.165) is 5.56 Å². The minimum atomic E-state index is -0.908. The van der Waals surface area contributed by atoms with Gasteiger partial charge in [-0.05, 0) is 0 Å². The van der Waals surface area contributed by atoms with E-state index in [-0.39, 0.29) is 13.1 Å². The van der Waals surface area contributed by atoms with Crippen LogP contribution in [0.3, 0.4) is 0 Å². The minimum absolute atomic E-state index is 0.105. The summed E-state index contributed by atoms with van der Waals surface area (Å²) in [4.78, 5) is 16.8. The quantitative estimate of drug-likeness (QED) is 0.783. The minimum Gasteiger partial charge on any atom is -0.480 e. The lowest BCUT2D eigenvalue weighted by atomic mass is 10.2. The first kappa shape index (κ1) is 15.1. The van der Waals surface area contributed by atoms with Gasteiger partial charge >= 0.3 is 5.97 Å². The van der Waals surface area contributed by atoms with Gasteiger partial charge in [0.2, 0.25) is 11.7 Å². The average molecular weight is 291 g/mol. The summed E-state index contributed by atoms with van der Waals surface area (Å²) in [7, 11) is 1.57. The molecular weight excluding hydrogens is 274 g/mol. The Hall–Kier alpha value is -2.25. The van der Waals surface area contributed by atoms with Crippen LogP contribution in [0, 0.1) is 0 Å². The molecule has 0 unspecified atom stereocenters. The van der Waals surface area contributed by atoms with Gasteiger partial charge in [0.25, 0.3) is 0 Å². The molecule has 0 bridgehead atoms. The number of methoxy groups -OCH3 is 1. The highest BCUT2D eigenvalue weighted by atomic mass is 16.5. The number of hydrogen-bond donors (Lipinski definition) is 1. The average Bonchev–Trinajstić information content (AvgIpc) is 2.93. The normalized spacial score (nSPS) is 11.0. The maximum absolute atomic E-state index is 10.8. The van der Waals surface area contributed by atoms with Crippen molar-refractivity contribution in [3.05, 3.63) is 36.2 Å². The van der Waals surface area contributed by atoms with Gasteiger partial charge in [0.1, 0.15) is 0 Å². The summed E-state index contributed by atoms with van der Waals surface area (Å²) in [6, 6.07) is 9.45. The number of benzene rings is 1. The molecule has 112 valence electrons. The monoisotopic (exact) mass is 291 g/mol. The summed E-state index contributed by atoms with van der Waals surface area (Å²) in [5.74, 6) is -0.0345. The highest BCUT2D eigenvalue weighted by molar-refractivity contribution is 5.69. The van der Waals surface area contributed by atoms with Crippen LogP contribution in [0.5, 0.6) is 0 Å². The molecule has 0 fully saturated rings. The number of carboxylic acids is 1. The van der Waals surface area contributed by atoms with Crippen molar-refractivity contribution < 1.29 is 19.2 Å². The predicted octanol–water partition coefficient (Wildman–Crippen LogP) is 1.27. The third-order valence-corrected chi connectivity index (χ3v) is 2.83.